The van der Waals surface area contributed by atoms with Crippen LogP contribution in [0, 0.1) is 0 Å². The van der Waals surface area contributed by atoms with Gasteiger partial charge in [-0.2, -0.15) is 0 Å². The first-order valence-corrected chi connectivity index (χ1v) is 3.47. The Labute approximate surface area is 67.8 Å². The molecule has 0 amide bonds. The van der Waals surface area contributed by atoms with E-state index in [2.05, 4.69) is 21.5 Å². The van der Waals surface area contributed by atoms with Gasteiger partial charge in [0.1, 0.15) is 0 Å². The summed E-state index contributed by atoms with van der Waals surface area (Å²) in [5, 5.41) is 1.96. The molecule has 0 bridgehead atoms. The lowest BCUT2D eigenvalue weighted by molar-refractivity contribution is -0.401. The smallest absolute Gasteiger partial charge is 0.242 e. The molecule has 3 nitrogen and oxygen atoms in total. The van der Waals surface area contributed by atoms with E-state index in [0.717, 1.165) is 5.35 Å². The number of allylic oxidation sites excluding steroid dienone is 1. The molecule has 1 N–H and O–H groups in total. The molecule has 2 heterocycles. The summed E-state index contributed by atoms with van der Waals surface area (Å²) >= 11 is 5.75. The van der Waals surface area contributed by atoms with E-state index in [4.69, 9.17) is 11.6 Å². The number of H-pyrrole nitrogens is 1. The highest BCUT2D eigenvalue weighted by atomic mass is 35.5. The largest absolute Gasteiger partial charge is 0.286 e. The van der Waals surface area contributed by atoms with Crippen LogP contribution in [0.1, 0.15) is 0 Å². The Hall–Kier alpha value is -1.22. The Morgan fingerprint density at radius 2 is 2.36 bits per heavy atom. The molecule has 0 atom stereocenters. The molecular formula is C7H5ClN3+. The number of nitrogens with one attached hydrogen (secondary N) is 1. The second-order valence-electron chi connectivity index (χ2n) is 2.20. The third-order valence-corrected chi connectivity index (χ3v) is 1.69. The van der Waals surface area contributed by atoms with Gasteiger partial charge in [0.15, 0.2) is 10.7 Å². The fourth-order valence-corrected chi connectivity index (χ4v) is 1.15. The number of nitrogens with zero attached hydrogens (tertiary/aromatic N) is 2. The van der Waals surface area contributed by atoms with Crippen LogP contribution in [0.4, 0.5) is 0 Å². The van der Waals surface area contributed by atoms with Crippen LogP contribution in [0.25, 0.3) is 6.08 Å². The molecule has 0 aliphatic carbocycles. The van der Waals surface area contributed by atoms with E-state index < -0.39 is 0 Å². The Morgan fingerprint density at radius 3 is 3.09 bits per heavy atom. The Balaban J connectivity index is 2.97. The van der Waals surface area contributed by atoms with Crippen LogP contribution in [0.15, 0.2) is 23.6 Å². The summed E-state index contributed by atoms with van der Waals surface area (Å²) in [5.74, 6) is 0. The van der Waals surface area contributed by atoms with Crippen molar-refractivity contribution in [1.29, 1.82) is 0 Å². The average Bonchev–Trinajstić information content (AvgIpc) is 2.31. The minimum Gasteiger partial charge on any atom is -0.242 e. The van der Waals surface area contributed by atoms with Gasteiger partial charge in [-0.15, -0.1) is 0 Å². The standard InChI is InChI=1S/C7H4ClN3/c1-4-2-5-6(11-4)7(8)10-3-9-5/h2-3H,1H2/p+1. The zero-order valence-corrected chi connectivity index (χ0v) is 6.39. The van der Waals surface area contributed by atoms with Crippen LogP contribution in [0.5, 0.6) is 0 Å². The Kier molecular flexibility index (Phi) is 1.26. The molecule has 1 aromatic heterocycles. The molecule has 0 radical (unpaired) electrons. The molecule has 1 aromatic rings. The maximum Gasteiger partial charge on any atom is 0.286 e. The van der Waals surface area contributed by atoms with Gasteiger partial charge in [-0.3, -0.25) is 0 Å². The summed E-state index contributed by atoms with van der Waals surface area (Å²) in [4.78, 5) is 10.8. The third kappa shape index (κ3) is 0.935. The molecule has 2 rings (SSSR count). The van der Waals surface area contributed by atoms with Crippen LogP contribution < -0.4 is 15.7 Å². The number of hydrogen-bond donors (Lipinski definition) is 0. The highest BCUT2D eigenvalue weighted by molar-refractivity contribution is 6.29. The predicted molar refractivity (Wildman–Crippen MR) is 40.2 cm³/mol. The van der Waals surface area contributed by atoms with E-state index in [-0.39, 0.29) is 0 Å². The van der Waals surface area contributed by atoms with Gasteiger partial charge in [0.2, 0.25) is 0 Å². The number of aromatic amines is 1. The van der Waals surface area contributed by atoms with Crippen LogP contribution in [0.3, 0.4) is 0 Å². The molecule has 11 heavy (non-hydrogen) atoms. The monoisotopic (exact) mass is 166 g/mol. The zero-order chi connectivity index (χ0) is 7.84. The van der Waals surface area contributed by atoms with E-state index in [1.165, 1.54) is 6.33 Å². The third-order valence-electron chi connectivity index (χ3n) is 1.41. The van der Waals surface area contributed by atoms with E-state index in [1.807, 2.05) is 6.08 Å². The van der Waals surface area contributed by atoms with E-state index >= 15 is 0 Å². The molecule has 0 spiro atoms. The normalized spacial score (nSPS) is 13.7. The van der Waals surface area contributed by atoms with Gasteiger partial charge >= 0.3 is 0 Å². The summed E-state index contributed by atoms with van der Waals surface area (Å²) in [7, 11) is 0. The van der Waals surface area contributed by atoms with Crippen LogP contribution in [0.2, 0.25) is 5.15 Å². The summed E-state index contributed by atoms with van der Waals surface area (Å²) in [6, 6.07) is 0. The quantitative estimate of drug-likeness (QED) is 0.478. The molecule has 0 saturated heterocycles. The highest BCUT2D eigenvalue weighted by Crippen LogP contribution is 1.97. The fraction of sp³-hybridized carbons (Fsp3) is 0. The molecule has 0 unspecified atom stereocenters. The molecule has 0 fully saturated rings. The van der Waals surface area contributed by atoms with Gasteiger partial charge in [-0.25, -0.2) is 9.98 Å². The topological polar surface area (TPSA) is 39.4 Å². The van der Waals surface area contributed by atoms with Gasteiger partial charge in [-0.1, -0.05) is 6.58 Å². The van der Waals surface area contributed by atoms with Crippen molar-refractivity contribution in [1.82, 2.24) is 4.98 Å². The van der Waals surface area contributed by atoms with Crippen molar-refractivity contribution in [2.45, 2.75) is 0 Å². The molecule has 4 heteroatoms. The predicted octanol–water partition coefficient (Wildman–Crippen LogP) is -0.524. The fourth-order valence-electron chi connectivity index (χ4n) is 0.958. The second-order valence-corrected chi connectivity index (χ2v) is 2.56. The van der Waals surface area contributed by atoms with Gasteiger partial charge in [0, 0.05) is 6.08 Å². The van der Waals surface area contributed by atoms with Crippen molar-refractivity contribution in [2.24, 2.45) is 4.99 Å². The zero-order valence-electron chi connectivity index (χ0n) is 5.63. The van der Waals surface area contributed by atoms with Gasteiger partial charge < -0.3 is 0 Å². The van der Waals surface area contributed by atoms with Gasteiger partial charge in [0.25, 0.3) is 11.5 Å². The lowest BCUT2D eigenvalue weighted by atomic mass is 10.4. The van der Waals surface area contributed by atoms with Crippen molar-refractivity contribution in [2.75, 3.05) is 0 Å². The molecule has 0 aromatic carbocycles. The van der Waals surface area contributed by atoms with Crippen LogP contribution in [-0.2, 0) is 0 Å². The second kappa shape index (κ2) is 2.13. The van der Waals surface area contributed by atoms with Crippen LogP contribution >= 0.6 is 11.6 Å². The van der Waals surface area contributed by atoms with Crippen molar-refractivity contribution in [3.8, 4) is 0 Å². The number of rotatable bonds is 0. The van der Waals surface area contributed by atoms with Crippen molar-refractivity contribution in [3.05, 3.63) is 34.5 Å². The first-order valence-electron chi connectivity index (χ1n) is 3.09. The lowest BCUT2D eigenvalue weighted by Gasteiger charge is -1.76. The van der Waals surface area contributed by atoms with Crippen molar-refractivity contribution >= 4 is 17.7 Å². The minimum absolute atomic E-state index is 0.411. The lowest BCUT2D eigenvalue weighted by Crippen LogP contribution is -2.40. The molecule has 1 aliphatic heterocycles. The minimum atomic E-state index is 0.411. The SMILES string of the molecule is C=C1C=c2[nH+]cnc(Cl)c2=N1. The highest BCUT2D eigenvalue weighted by Gasteiger charge is 2.08. The summed E-state index contributed by atoms with van der Waals surface area (Å²) in [6.07, 6.45) is 3.36. The number of aromatic nitrogens is 2. The Bertz CT molecular complexity index is 435. The van der Waals surface area contributed by atoms with Crippen molar-refractivity contribution in [3.63, 3.8) is 0 Å². The maximum absolute atomic E-state index is 5.75. The van der Waals surface area contributed by atoms with E-state index in [0.29, 0.717) is 16.2 Å². The van der Waals surface area contributed by atoms with E-state index in [1.54, 1.807) is 0 Å². The summed E-state index contributed by atoms with van der Waals surface area (Å²) in [5.41, 5.74) is 0.700. The summed E-state index contributed by atoms with van der Waals surface area (Å²) < 4.78 is 0. The first kappa shape index (κ1) is 6.49. The number of hydrogen-bond acceptors (Lipinski definition) is 2. The first-order chi connectivity index (χ1) is 5.27. The number of fused-ring (bicyclic) bond motifs is 1. The average molecular weight is 167 g/mol. The van der Waals surface area contributed by atoms with Gasteiger partial charge in [-0.05, 0) is 16.6 Å². The van der Waals surface area contributed by atoms with Crippen LogP contribution in [-0.4, -0.2) is 4.98 Å². The summed E-state index contributed by atoms with van der Waals surface area (Å²) in [6.45, 7) is 3.68. The number of halogens is 1. The molecule has 0 saturated carbocycles. The maximum atomic E-state index is 5.75. The van der Waals surface area contributed by atoms with E-state index in [9.17, 15) is 0 Å². The molecule has 54 valence electrons. The molecule has 1 aliphatic rings. The molecular weight excluding hydrogens is 162 g/mol. The van der Waals surface area contributed by atoms with Gasteiger partial charge in [0.05, 0.1) is 5.70 Å². The van der Waals surface area contributed by atoms with Crippen molar-refractivity contribution < 1.29 is 4.98 Å². The Morgan fingerprint density at radius 1 is 1.55 bits per heavy atom.